The van der Waals surface area contributed by atoms with E-state index in [1.807, 2.05) is 29.2 Å². The molecule has 0 aromatic heterocycles. The molecule has 0 bridgehead atoms. The van der Waals surface area contributed by atoms with E-state index in [0.717, 1.165) is 24.2 Å². The summed E-state index contributed by atoms with van der Waals surface area (Å²) in [7, 11) is 1.60. The van der Waals surface area contributed by atoms with Gasteiger partial charge in [-0.05, 0) is 41.8 Å². The highest BCUT2D eigenvalue weighted by atomic mass is 19.1. The molecule has 1 fully saturated rings. The molecule has 0 aliphatic carbocycles. The first-order valence-corrected chi connectivity index (χ1v) is 9.53. The van der Waals surface area contributed by atoms with E-state index in [2.05, 4.69) is 13.8 Å². The fourth-order valence-electron chi connectivity index (χ4n) is 3.55. The molecule has 0 spiro atoms. The number of carbonyl (C=O) groups excluding carboxylic acids is 1. The summed E-state index contributed by atoms with van der Waals surface area (Å²) in [6.07, 6.45) is 0. The summed E-state index contributed by atoms with van der Waals surface area (Å²) >= 11 is 0. The SMILES string of the molecule is COc1ccc(F)cc1C[NH+]1CCN(C(=O)c2ccc(C(C)C)cc2)CC1. The molecule has 0 radical (unpaired) electrons. The van der Waals surface area contributed by atoms with Crippen LogP contribution in [0.3, 0.4) is 0 Å². The second-order valence-electron chi connectivity index (χ2n) is 7.45. The highest BCUT2D eigenvalue weighted by Crippen LogP contribution is 2.18. The quantitative estimate of drug-likeness (QED) is 0.876. The third kappa shape index (κ3) is 4.66. The van der Waals surface area contributed by atoms with Gasteiger partial charge in [-0.2, -0.15) is 0 Å². The molecule has 5 heteroatoms. The molecular weight excluding hydrogens is 343 g/mol. The van der Waals surface area contributed by atoms with Crippen molar-refractivity contribution in [1.29, 1.82) is 0 Å². The van der Waals surface area contributed by atoms with Crippen LogP contribution < -0.4 is 9.64 Å². The van der Waals surface area contributed by atoms with Gasteiger partial charge < -0.3 is 14.5 Å². The highest BCUT2D eigenvalue weighted by molar-refractivity contribution is 5.94. The number of piperazine rings is 1. The van der Waals surface area contributed by atoms with Crippen molar-refractivity contribution in [2.75, 3.05) is 33.3 Å². The van der Waals surface area contributed by atoms with Gasteiger partial charge in [0.25, 0.3) is 5.91 Å². The molecule has 1 heterocycles. The van der Waals surface area contributed by atoms with Gasteiger partial charge in [0.2, 0.25) is 0 Å². The summed E-state index contributed by atoms with van der Waals surface area (Å²) in [5.74, 6) is 1.02. The van der Waals surface area contributed by atoms with Crippen LogP contribution in [0.25, 0.3) is 0 Å². The van der Waals surface area contributed by atoms with Gasteiger partial charge >= 0.3 is 0 Å². The Labute approximate surface area is 160 Å². The first-order chi connectivity index (χ1) is 13.0. The second kappa shape index (κ2) is 8.53. The number of hydrogen-bond acceptors (Lipinski definition) is 2. The standard InChI is InChI=1S/C22H27FN2O2/c1-16(2)17-4-6-18(7-5-17)22(26)25-12-10-24(11-13-25)15-19-14-20(23)8-9-21(19)27-3/h4-9,14,16H,10-13,15H2,1-3H3/p+1. The Hall–Kier alpha value is -2.40. The zero-order valence-electron chi connectivity index (χ0n) is 16.3. The number of nitrogens with one attached hydrogen (secondary N) is 1. The molecule has 1 N–H and O–H groups in total. The molecule has 0 atom stereocenters. The van der Waals surface area contributed by atoms with Crippen molar-refractivity contribution in [3.05, 3.63) is 65.0 Å². The van der Waals surface area contributed by atoms with E-state index in [1.165, 1.54) is 16.5 Å². The van der Waals surface area contributed by atoms with E-state index < -0.39 is 0 Å². The predicted molar refractivity (Wildman–Crippen MR) is 104 cm³/mol. The summed E-state index contributed by atoms with van der Waals surface area (Å²) < 4.78 is 18.9. The molecule has 27 heavy (non-hydrogen) atoms. The monoisotopic (exact) mass is 371 g/mol. The number of benzene rings is 2. The Morgan fingerprint density at radius 3 is 2.41 bits per heavy atom. The molecule has 1 amide bonds. The fraction of sp³-hybridized carbons (Fsp3) is 0.409. The van der Waals surface area contributed by atoms with Crippen molar-refractivity contribution in [2.45, 2.75) is 26.3 Å². The first kappa shape index (κ1) is 19.4. The number of amides is 1. The molecule has 2 aromatic carbocycles. The lowest BCUT2D eigenvalue weighted by molar-refractivity contribution is -0.917. The van der Waals surface area contributed by atoms with Gasteiger partial charge in [-0.3, -0.25) is 4.79 Å². The molecule has 0 unspecified atom stereocenters. The number of hydrogen-bond donors (Lipinski definition) is 1. The van der Waals surface area contributed by atoms with Crippen LogP contribution in [0.1, 0.15) is 41.3 Å². The average molecular weight is 371 g/mol. The number of halogens is 1. The summed E-state index contributed by atoms with van der Waals surface area (Å²) in [6.45, 7) is 8.09. The number of quaternary nitrogens is 1. The number of methoxy groups -OCH3 is 1. The van der Waals surface area contributed by atoms with E-state index in [9.17, 15) is 9.18 Å². The van der Waals surface area contributed by atoms with E-state index in [0.29, 0.717) is 31.3 Å². The van der Waals surface area contributed by atoms with Gasteiger partial charge in [0.05, 0.1) is 38.9 Å². The van der Waals surface area contributed by atoms with E-state index in [-0.39, 0.29) is 11.7 Å². The van der Waals surface area contributed by atoms with Crippen molar-refractivity contribution in [1.82, 2.24) is 4.90 Å². The molecular formula is C22H28FN2O2+. The maximum absolute atomic E-state index is 13.6. The van der Waals surface area contributed by atoms with Crippen LogP contribution in [0.4, 0.5) is 4.39 Å². The maximum atomic E-state index is 13.6. The summed E-state index contributed by atoms with van der Waals surface area (Å²) in [4.78, 5) is 16.0. The Kier molecular flexibility index (Phi) is 6.11. The minimum Gasteiger partial charge on any atom is -0.496 e. The van der Waals surface area contributed by atoms with Crippen LogP contribution in [-0.4, -0.2) is 44.1 Å². The van der Waals surface area contributed by atoms with Crippen LogP contribution in [0.15, 0.2) is 42.5 Å². The Morgan fingerprint density at radius 1 is 1.15 bits per heavy atom. The van der Waals surface area contributed by atoms with Gasteiger partial charge in [0.1, 0.15) is 18.1 Å². The molecule has 2 aromatic rings. The molecule has 1 saturated heterocycles. The van der Waals surface area contributed by atoms with E-state index >= 15 is 0 Å². The average Bonchev–Trinajstić information content (AvgIpc) is 2.68. The molecule has 3 rings (SSSR count). The number of rotatable bonds is 5. The lowest BCUT2D eigenvalue weighted by atomic mass is 10.0. The maximum Gasteiger partial charge on any atom is 0.254 e. The van der Waals surface area contributed by atoms with Crippen LogP contribution in [-0.2, 0) is 6.54 Å². The molecule has 0 saturated carbocycles. The molecule has 4 nitrogen and oxygen atoms in total. The Bertz CT molecular complexity index is 781. The van der Waals surface area contributed by atoms with E-state index in [4.69, 9.17) is 4.74 Å². The lowest BCUT2D eigenvalue weighted by Crippen LogP contribution is -3.13. The minimum atomic E-state index is -0.246. The lowest BCUT2D eigenvalue weighted by Gasteiger charge is -2.32. The van der Waals surface area contributed by atoms with Crippen molar-refractivity contribution in [3.63, 3.8) is 0 Å². The molecule has 1 aliphatic heterocycles. The summed E-state index contributed by atoms with van der Waals surface area (Å²) in [5, 5.41) is 0. The second-order valence-corrected chi connectivity index (χ2v) is 7.45. The number of carbonyl (C=O) groups is 1. The van der Waals surface area contributed by atoms with Crippen molar-refractivity contribution >= 4 is 5.91 Å². The zero-order valence-corrected chi connectivity index (χ0v) is 16.3. The zero-order chi connectivity index (χ0) is 19.4. The van der Waals surface area contributed by atoms with Crippen LogP contribution in [0.2, 0.25) is 0 Å². The van der Waals surface area contributed by atoms with Crippen molar-refractivity contribution < 1.29 is 18.8 Å². The fourth-order valence-corrected chi connectivity index (χ4v) is 3.55. The minimum absolute atomic E-state index is 0.0905. The third-order valence-corrected chi connectivity index (χ3v) is 5.26. The van der Waals surface area contributed by atoms with Gasteiger partial charge in [-0.15, -0.1) is 0 Å². The van der Waals surface area contributed by atoms with Gasteiger partial charge in [-0.25, -0.2) is 4.39 Å². The Morgan fingerprint density at radius 2 is 1.81 bits per heavy atom. The summed E-state index contributed by atoms with van der Waals surface area (Å²) in [6, 6.07) is 12.6. The smallest absolute Gasteiger partial charge is 0.254 e. The van der Waals surface area contributed by atoms with Gasteiger partial charge in [0.15, 0.2) is 0 Å². The normalized spacial score (nSPS) is 15.2. The van der Waals surface area contributed by atoms with Crippen molar-refractivity contribution in [2.24, 2.45) is 0 Å². The van der Waals surface area contributed by atoms with E-state index in [1.54, 1.807) is 19.2 Å². The predicted octanol–water partition coefficient (Wildman–Crippen LogP) is 2.50. The largest absolute Gasteiger partial charge is 0.496 e. The van der Waals surface area contributed by atoms with Crippen LogP contribution in [0.5, 0.6) is 5.75 Å². The highest BCUT2D eigenvalue weighted by Gasteiger charge is 2.25. The third-order valence-electron chi connectivity index (χ3n) is 5.26. The van der Waals surface area contributed by atoms with Crippen LogP contribution in [0, 0.1) is 5.82 Å². The van der Waals surface area contributed by atoms with Gasteiger partial charge in [-0.1, -0.05) is 26.0 Å². The van der Waals surface area contributed by atoms with Crippen LogP contribution >= 0.6 is 0 Å². The molecule has 144 valence electrons. The van der Waals surface area contributed by atoms with Crippen molar-refractivity contribution in [3.8, 4) is 5.75 Å². The summed E-state index contributed by atoms with van der Waals surface area (Å²) in [5.41, 5.74) is 2.86. The first-order valence-electron chi connectivity index (χ1n) is 9.53. The number of nitrogens with zero attached hydrogens (tertiary/aromatic N) is 1. The number of ether oxygens (including phenoxy) is 1. The Balaban J connectivity index is 1.58. The topological polar surface area (TPSA) is 34.0 Å². The van der Waals surface area contributed by atoms with Gasteiger partial charge in [0, 0.05) is 5.56 Å². The molecule has 1 aliphatic rings.